The Bertz CT molecular complexity index is 409. The van der Waals surface area contributed by atoms with E-state index in [0.717, 1.165) is 5.75 Å². The molecule has 0 N–H and O–H groups in total. The predicted octanol–water partition coefficient (Wildman–Crippen LogP) is 2.21. The van der Waals surface area contributed by atoms with Gasteiger partial charge in [0, 0.05) is 32.9 Å². The van der Waals surface area contributed by atoms with E-state index in [2.05, 4.69) is 0 Å². The Morgan fingerprint density at radius 1 is 1.05 bits per heavy atom. The van der Waals surface area contributed by atoms with E-state index in [4.69, 9.17) is 14.2 Å². The SMILES string of the molecule is COCCN(CCOC)C(=O)c1ccc(OC(C)C)cc1. The average Bonchev–Trinajstić information content (AvgIpc) is 2.47. The van der Waals surface area contributed by atoms with Gasteiger partial charge >= 0.3 is 0 Å². The molecule has 0 bridgehead atoms. The molecule has 118 valence electrons. The molecule has 0 saturated carbocycles. The Balaban J connectivity index is 2.72. The van der Waals surface area contributed by atoms with E-state index in [-0.39, 0.29) is 12.0 Å². The molecule has 0 aliphatic carbocycles. The van der Waals surface area contributed by atoms with Crippen LogP contribution in [-0.2, 0) is 9.47 Å². The monoisotopic (exact) mass is 295 g/mol. The van der Waals surface area contributed by atoms with Crippen LogP contribution in [0.4, 0.5) is 0 Å². The first-order valence-corrected chi connectivity index (χ1v) is 7.12. The van der Waals surface area contributed by atoms with Gasteiger partial charge in [-0.2, -0.15) is 0 Å². The number of ether oxygens (including phenoxy) is 3. The summed E-state index contributed by atoms with van der Waals surface area (Å²) in [6.07, 6.45) is 0.117. The van der Waals surface area contributed by atoms with Crippen LogP contribution in [0.2, 0.25) is 0 Å². The summed E-state index contributed by atoms with van der Waals surface area (Å²) in [7, 11) is 3.24. The van der Waals surface area contributed by atoms with Gasteiger partial charge < -0.3 is 19.1 Å². The molecule has 5 nitrogen and oxygen atoms in total. The van der Waals surface area contributed by atoms with Crippen molar-refractivity contribution in [2.45, 2.75) is 20.0 Å². The zero-order chi connectivity index (χ0) is 15.7. The molecule has 1 aromatic rings. The molecule has 0 saturated heterocycles. The maximum Gasteiger partial charge on any atom is 0.254 e. The minimum Gasteiger partial charge on any atom is -0.491 e. The topological polar surface area (TPSA) is 48.0 Å². The van der Waals surface area contributed by atoms with Gasteiger partial charge in [0.2, 0.25) is 0 Å². The molecule has 1 amide bonds. The van der Waals surface area contributed by atoms with E-state index >= 15 is 0 Å². The van der Waals surface area contributed by atoms with Crippen molar-refractivity contribution in [2.24, 2.45) is 0 Å². The lowest BCUT2D eigenvalue weighted by atomic mass is 10.2. The summed E-state index contributed by atoms with van der Waals surface area (Å²) in [5.41, 5.74) is 0.637. The van der Waals surface area contributed by atoms with Gasteiger partial charge in [0.25, 0.3) is 5.91 Å². The van der Waals surface area contributed by atoms with Gasteiger partial charge in [-0.3, -0.25) is 4.79 Å². The number of nitrogens with zero attached hydrogens (tertiary/aromatic N) is 1. The molecule has 0 heterocycles. The highest BCUT2D eigenvalue weighted by Crippen LogP contribution is 2.15. The smallest absolute Gasteiger partial charge is 0.254 e. The number of benzene rings is 1. The van der Waals surface area contributed by atoms with Crippen molar-refractivity contribution in [3.05, 3.63) is 29.8 Å². The first kappa shape index (κ1) is 17.5. The molecule has 0 aliphatic rings. The minimum absolute atomic E-state index is 0.0276. The van der Waals surface area contributed by atoms with E-state index in [1.54, 1.807) is 31.3 Å². The number of amides is 1. The zero-order valence-electron chi connectivity index (χ0n) is 13.3. The maximum atomic E-state index is 12.5. The first-order valence-electron chi connectivity index (χ1n) is 7.12. The van der Waals surface area contributed by atoms with E-state index in [9.17, 15) is 4.79 Å². The van der Waals surface area contributed by atoms with Crippen molar-refractivity contribution in [2.75, 3.05) is 40.5 Å². The van der Waals surface area contributed by atoms with Crippen molar-refractivity contribution in [3.8, 4) is 5.75 Å². The molecule has 0 radical (unpaired) electrons. The Hall–Kier alpha value is -1.59. The lowest BCUT2D eigenvalue weighted by molar-refractivity contribution is 0.0627. The Labute approximate surface area is 126 Å². The molecule has 0 atom stereocenters. The second kappa shape index (κ2) is 9.37. The number of hydrogen-bond acceptors (Lipinski definition) is 4. The van der Waals surface area contributed by atoms with Crippen LogP contribution in [0.15, 0.2) is 24.3 Å². The van der Waals surface area contributed by atoms with E-state index in [0.29, 0.717) is 31.9 Å². The first-order chi connectivity index (χ1) is 10.1. The van der Waals surface area contributed by atoms with E-state index < -0.39 is 0 Å². The van der Waals surface area contributed by atoms with Gasteiger partial charge in [-0.1, -0.05) is 0 Å². The molecule has 1 aromatic carbocycles. The summed E-state index contributed by atoms with van der Waals surface area (Å²) >= 11 is 0. The molecule has 0 fully saturated rings. The average molecular weight is 295 g/mol. The van der Waals surface area contributed by atoms with Crippen molar-refractivity contribution in [1.29, 1.82) is 0 Å². The van der Waals surface area contributed by atoms with E-state index in [1.165, 1.54) is 0 Å². The number of carbonyl (C=O) groups is 1. The fraction of sp³-hybridized carbons (Fsp3) is 0.562. The Morgan fingerprint density at radius 3 is 2.00 bits per heavy atom. The minimum atomic E-state index is -0.0276. The molecule has 21 heavy (non-hydrogen) atoms. The summed E-state index contributed by atoms with van der Waals surface area (Å²) < 4.78 is 15.7. The number of rotatable bonds is 9. The number of hydrogen-bond donors (Lipinski definition) is 0. The molecular weight excluding hydrogens is 270 g/mol. The van der Waals surface area contributed by atoms with Crippen LogP contribution >= 0.6 is 0 Å². The second-order valence-electron chi connectivity index (χ2n) is 4.97. The van der Waals surface area contributed by atoms with Crippen LogP contribution in [0.3, 0.4) is 0 Å². The molecule has 0 aromatic heterocycles. The molecular formula is C16H25NO4. The maximum absolute atomic E-state index is 12.5. The van der Waals surface area contributed by atoms with Gasteiger partial charge in [-0.25, -0.2) is 0 Å². The van der Waals surface area contributed by atoms with Gasteiger partial charge in [0.15, 0.2) is 0 Å². The second-order valence-corrected chi connectivity index (χ2v) is 4.97. The third-order valence-electron chi connectivity index (χ3n) is 2.89. The van der Waals surface area contributed by atoms with Crippen LogP contribution in [0.1, 0.15) is 24.2 Å². The molecule has 0 spiro atoms. The van der Waals surface area contributed by atoms with Crippen LogP contribution in [0, 0.1) is 0 Å². The van der Waals surface area contributed by atoms with Crippen molar-refractivity contribution in [3.63, 3.8) is 0 Å². The highest BCUT2D eigenvalue weighted by molar-refractivity contribution is 5.94. The molecule has 0 aliphatic heterocycles. The van der Waals surface area contributed by atoms with Crippen molar-refractivity contribution >= 4 is 5.91 Å². The van der Waals surface area contributed by atoms with Crippen LogP contribution in [0.5, 0.6) is 5.75 Å². The molecule has 5 heteroatoms. The molecule has 1 rings (SSSR count). The Kier molecular flexibility index (Phi) is 7.79. The van der Waals surface area contributed by atoms with Crippen LogP contribution in [-0.4, -0.2) is 57.4 Å². The highest BCUT2D eigenvalue weighted by atomic mass is 16.5. The normalized spacial score (nSPS) is 10.7. The number of methoxy groups -OCH3 is 2. The summed E-state index contributed by atoms with van der Waals surface area (Å²) in [5, 5.41) is 0. The van der Waals surface area contributed by atoms with Crippen LogP contribution in [0.25, 0.3) is 0 Å². The molecule has 0 unspecified atom stereocenters. The standard InChI is InChI=1S/C16H25NO4/c1-13(2)21-15-7-5-14(6-8-15)16(18)17(9-11-19-3)10-12-20-4/h5-8,13H,9-12H2,1-4H3. The third kappa shape index (κ3) is 6.14. The quantitative estimate of drug-likeness (QED) is 0.701. The summed E-state index contributed by atoms with van der Waals surface area (Å²) in [6, 6.07) is 7.20. The lowest BCUT2D eigenvalue weighted by Crippen LogP contribution is -2.36. The Morgan fingerprint density at radius 2 is 1.57 bits per heavy atom. The van der Waals surface area contributed by atoms with Gasteiger partial charge in [0.1, 0.15) is 5.75 Å². The van der Waals surface area contributed by atoms with Crippen molar-refractivity contribution in [1.82, 2.24) is 4.90 Å². The predicted molar refractivity (Wildman–Crippen MR) is 81.9 cm³/mol. The highest BCUT2D eigenvalue weighted by Gasteiger charge is 2.15. The summed E-state index contributed by atoms with van der Waals surface area (Å²) in [4.78, 5) is 14.2. The van der Waals surface area contributed by atoms with Crippen LogP contribution < -0.4 is 4.74 Å². The summed E-state index contributed by atoms with van der Waals surface area (Å²) in [6.45, 7) is 6.03. The van der Waals surface area contributed by atoms with Gasteiger partial charge in [-0.15, -0.1) is 0 Å². The summed E-state index contributed by atoms with van der Waals surface area (Å²) in [5.74, 6) is 0.738. The van der Waals surface area contributed by atoms with E-state index in [1.807, 2.05) is 26.0 Å². The van der Waals surface area contributed by atoms with Gasteiger partial charge in [-0.05, 0) is 38.1 Å². The fourth-order valence-electron chi connectivity index (χ4n) is 1.85. The third-order valence-corrected chi connectivity index (χ3v) is 2.89. The van der Waals surface area contributed by atoms with Crippen molar-refractivity contribution < 1.29 is 19.0 Å². The van der Waals surface area contributed by atoms with Gasteiger partial charge in [0.05, 0.1) is 19.3 Å². The zero-order valence-corrected chi connectivity index (χ0v) is 13.3. The fourth-order valence-corrected chi connectivity index (χ4v) is 1.85. The lowest BCUT2D eigenvalue weighted by Gasteiger charge is -2.22. The number of carbonyl (C=O) groups excluding carboxylic acids is 1. The largest absolute Gasteiger partial charge is 0.491 e.